The third-order valence-corrected chi connectivity index (χ3v) is 3.45. The highest BCUT2D eigenvalue weighted by atomic mass is 16.7. The molecule has 0 amide bonds. The van der Waals surface area contributed by atoms with Crippen LogP contribution in [0.4, 0.5) is 0 Å². The first-order chi connectivity index (χ1) is 8.03. The molecular weight excluding hydrogens is 216 g/mol. The summed E-state index contributed by atoms with van der Waals surface area (Å²) in [6.45, 7) is 11.1. The van der Waals surface area contributed by atoms with E-state index in [9.17, 15) is 0 Å². The van der Waals surface area contributed by atoms with Crippen LogP contribution in [0.15, 0.2) is 0 Å². The minimum absolute atomic E-state index is 0.271. The maximum absolute atomic E-state index is 9.10. The monoisotopic (exact) mass is 246 g/mol. The molecule has 0 aromatic rings. The van der Waals surface area contributed by atoms with Gasteiger partial charge in [-0.05, 0) is 18.8 Å². The Labute approximate surface area is 107 Å². The fourth-order valence-corrected chi connectivity index (χ4v) is 2.09. The molecule has 0 saturated carbocycles. The molecule has 0 fully saturated rings. The molecule has 0 bridgehead atoms. The Morgan fingerprint density at radius 2 is 1.41 bits per heavy atom. The van der Waals surface area contributed by atoms with Crippen molar-refractivity contribution in [2.75, 3.05) is 13.4 Å². The lowest BCUT2D eigenvalue weighted by Crippen LogP contribution is -2.40. The van der Waals surface area contributed by atoms with Gasteiger partial charge in [-0.3, -0.25) is 0 Å². The van der Waals surface area contributed by atoms with E-state index in [1.807, 2.05) is 6.92 Å². The van der Waals surface area contributed by atoms with Crippen molar-refractivity contribution in [2.45, 2.75) is 66.1 Å². The molecule has 0 aliphatic heterocycles. The Morgan fingerprint density at radius 3 is 1.71 bits per heavy atom. The summed E-state index contributed by atoms with van der Waals surface area (Å²) in [6.07, 6.45) is 3.90. The van der Waals surface area contributed by atoms with Gasteiger partial charge in [-0.25, -0.2) is 0 Å². The Balaban J connectivity index is 4.70. The summed E-state index contributed by atoms with van der Waals surface area (Å²) in [5, 5.41) is 9.10. The van der Waals surface area contributed by atoms with Gasteiger partial charge in [0.2, 0.25) is 0 Å². The molecule has 3 heteroatoms. The molecule has 0 radical (unpaired) electrons. The highest BCUT2D eigenvalue weighted by Gasteiger charge is 2.34. The van der Waals surface area contributed by atoms with Crippen LogP contribution in [0, 0.1) is 11.8 Å². The van der Waals surface area contributed by atoms with Crippen LogP contribution >= 0.6 is 0 Å². The van der Waals surface area contributed by atoms with Crippen LogP contribution in [-0.2, 0) is 9.47 Å². The number of ether oxygens (including phenoxy) is 2. The van der Waals surface area contributed by atoms with Crippen molar-refractivity contribution in [1.29, 1.82) is 0 Å². The minimum Gasteiger partial charge on any atom is -0.371 e. The smallest absolute Gasteiger partial charge is 0.171 e. The topological polar surface area (TPSA) is 38.7 Å². The molecule has 3 atom stereocenters. The zero-order valence-electron chi connectivity index (χ0n) is 12.2. The summed E-state index contributed by atoms with van der Waals surface area (Å²) in [7, 11) is 0. The fourth-order valence-electron chi connectivity index (χ4n) is 2.09. The van der Waals surface area contributed by atoms with Crippen molar-refractivity contribution in [1.82, 2.24) is 0 Å². The maximum Gasteiger partial charge on any atom is 0.171 e. The van der Waals surface area contributed by atoms with Gasteiger partial charge >= 0.3 is 0 Å². The van der Waals surface area contributed by atoms with E-state index in [0.717, 1.165) is 25.7 Å². The van der Waals surface area contributed by atoms with Crippen LogP contribution in [0.5, 0.6) is 0 Å². The SMILES string of the molecule is CCOC(C[C@H](C)CC)(C[C@@H](C)CC)OCO. The van der Waals surface area contributed by atoms with Crippen molar-refractivity contribution < 1.29 is 14.6 Å². The lowest BCUT2D eigenvalue weighted by molar-refractivity contribution is -0.278. The summed E-state index contributed by atoms with van der Waals surface area (Å²) in [6, 6.07) is 0. The van der Waals surface area contributed by atoms with E-state index in [0.29, 0.717) is 18.4 Å². The predicted octanol–water partition coefficient (Wildman–Crippen LogP) is 3.56. The van der Waals surface area contributed by atoms with Crippen molar-refractivity contribution >= 4 is 0 Å². The van der Waals surface area contributed by atoms with Crippen molar-refractivity contribution in [3.63, 3.8) is 0 Å². The molecule has 0 rings (SSSR count). The maximum atomic E-state index is 9.10. The summed E-state index contributed by atoms with van der Waals surface area (Å²) in [4.78, 5) is 0. The van der Waals surface area contributed by atoms with Crippen LogP contribution in [0.2, 0.25) is 0 Å². The third-order valence-electron chi connectivity index (χ3n) is 3.45. The minimum atomic E-state index is -0.603. The first-order valence-electron chi connectivity index (χ1n) is 6.92. The normalized spacial score (nSPS) is 18.7. The second kappa shape index (κ2) is 8.90. The van der Waals surface area contributed by atoms with Gasteiger partial charge < -0.3 is 14.6 Å². The Hall–Kier alpha value is -0.120. The first kappa shape index (κ1) is 16.9. The second-order valence-electron chi connectivity index (χ2n) is 5.05. The van der Waals surface area contributed by atoms with Gasteiger partial charge in [-0.1, -0.05) is 40.5 Å². The largest absolute Gasteiger partial charge is 0.371 e. The molecule has 0 saturated heterocycles. The number of rotatable bonds is 10. The quantitative estimate of drug-likeness (QED) is 0.599. The Morgan fingerprint density at radius 1 is 0.941 bits per heavy atom. The molecule has 104 valence electrons. The van der Waals surface area contributed by atoms with Crippen LogP contribution in [0.25, 0.3) is 0 Å². The fraction of sp³-hybridized carbons (Fsp3) is 1.00. The Kier molecular flexibility index (Phi) is 8.83. The van der Waals surface area contributed by atoms with E-state index in [-0.39, 0.29) is 6.79 Å². The van der Waals surface area contributed by atoms with Crippen LogP contribution in [-0.4, -0.2) is 24.3 Å². The molecule has 0 aromatic carbocycles. The van der Waals surface area contributed by atoms with Gasteiger partial charge in [0.25, 0.3) is 0 Å². The number of aliphatic hydroxyl groups excluding tert-OH is 1. The van der Waals surface area contributed by atoms with Crippen molar-refractivity contribution in [2.24, 2.45) is 11.8 Å². The lowest BCUT2D eigenvalue weighted by atomic mass is 9.90. The lowest BCUT2D eigenvalue weighted by Gasteiger charge is -2.36. The Bertz CT molecular complexity index is 162. The van der Waals surface area contributed by atoms with E-state index in [2.05, 4.69) is 27.7 Å². The molecule has 0 aliphatic rings. The van der Waals surface area contributed by atoms with Crippen molar-refractivity contribution in [3.8, 4) is 0 Å². The van der Waals surface area contributed by atoms with Crippen LogP contribution < -0.4 is 0 Å². The molecule has 1 unspecified atom stereocenters. The summed E-state index contributed by atoms with van der Waals surface area (Å²) < 4.78 is 11.4. The van der Waals surface area contributed by atoms with Crippen LogP contribution in [0.1, 0.15) is 60.3 Å². The summed E-state index contributed by atoms with van der Waals surface area (Å²) in [5.74, 6) is 0.475. The highest BCUT2D eigenvalue weighted by molar-refractivity contribution is 4.75. The number of hydrogen-bond donors (Lipinski definition) is 1. The number of hydrogen-bond acceptors (Lipinski definition) is 3. The van der Waals surface area contributed by atoms with Gasteiger partial charge in [0, 0.05) is 19.4 Å². The molecule has 0 spiro atoms. The molecule has 0 aliphatic carbocycles. The standard InChI is InChI=1S/C14H30O3/c1-6-12(4)9-14(16-8-3,17-11-15)10-13(5)7-2/h12-13,15H,6-11H2,1-5H3/t12-,13+,14?. The first-order valence-corrected chi connectivity index (χ1v) is 6.92. The van der Waals surface area contributed by atoms with Gasteiger partial charge in [-0.15, -0.1) is 0 Å². The average molecular weight is 246 g/mol. The van der Waals surface area contributed by atoms with Crippen molar-refractivity contribution in [3.05, 3.63) is 0 Å². The molecule has 17 heavy (non-hydrogen) atoms. The van der Waals surface area contributed by atoms with E-state index in [1.54, 1.807) is 0 Å². The van der Waals surface area contributed by atoms with Gasteiger partial charge in [0.1, 0.15) is 6.79 Å². The zero-order valence-corrected chi connectivity index (χ0v) is 12.2. The van der Waals surface area contributed by atoms with E-state index in [1.165, 1.54) is 0 Å². The molecule has 0 aromatic heterocycles. The van der Waals surface area contributed by atoms with E-state index >= 15 is 0 Å². The van der Waals surface area contributed by atoms with E-state index < -0.39 is 5.79 Å². The average Bonchev–Trinajstić information content (AvgIpc) is 2.29. The molecule has 3 nitrogen and oxygen atoms in total. The summed E-state index contributed by atoms with van der Waals surface area (Å²) in [5.41, 5.74) is 0. The number of aliphatic hydroxyl groups is 1. The van der Waals surface area contributed by atoms with Gasteiger partial charge in [-0.2, -0.15) is 0 Å². The van der Waals surface area contributed by atoms with Gasteiger partial charge in [0.15, 0.2) is 5.79 Å². The second-order valence-corrected chi connectivity index (χ2v) is 5.05. The van der Waals surface area contributed by atoms with Crippen LogP contribution in [0.3, 0.4) is 0 Å². The highest BCUT2D eigenvalue weighted by Crippen LogP contribution is 2.32. The molecule has 0 heterocycles. The molecular formula is C14H30O3. The van der Waals surface area contributed by atoms with E-state index in [4.69, 9.17) is 14.6 Å². The predicted molar refractivity (Wildman–Crippen MR) is 70.7 cm³/mol. The third kappa shape index (κ3) is 6.39. The zero-order chi connectivity index (χ0) is 13.3. The molecule has 1 N–H and O–H groups in total. The summed E-state index contributed by atoms with van der Waals surface area (Å²) >= 11 is 0. The van der Waals surface area contributed by atoms with Gasteiger partial charge in [0.05, 0.1) is 0 Å².